The number of benzene rings is 3. The van der Waals surface area contributed by atoms with Gasteiger partial charge in [0.15, 0.2) is 0 Å². The van der Waals surface area contributed by atoms with Gasteiger partial charge in [-0.15, -0.1) is 10.2 Å². The first-order valence-corrected chi connectivity index (χ1v) is 8.88. The summed E-state index contributed by atoms with van der Waals surface area (Å²) in [7, 11) is 0. The van der Waals surface area contributed by atoms with Gasteiger partial charge in [-0.25, -0.2) is 10.3 Å². The maximum Gasteiger partial charge on any atom is 0.362 e. The van der Waals surface area contributed by atoms with Gasteiger partial charge in [0, 0.05) is 10.0 Å². The number of hydrogen-bond acceptors (Lipinski definition) is 6. The third-order valence-corrected chi connectivity index (χ3v) is 4.09. The van der Waals surface area contributed by atoms with Crippen LogP contribution >= 0.6 is 15.9 Å². The van der Waals surface area contributed by atoms with Gasteiger partial charge in [-0.1, -0.05) is 22.0 Å². The highest BCUT2D eigenvalue weighted by molar-refractivity contribution is 9.10. The van der Waals surface area contributed by atoms with E-state index in [0.29, 0.717) is 16.9 Å². The summed E-state index contributed by atoms with van der Waals surface area (Å²) in [5.74, 6) is -1.11. The first-order valence-electron chi connectivity index (χ1n) is 8.09. The molecule has 0 aromatic heterocycles. The minimum absolute atomic E-state index is 0.0193. The van der Waals surface area contributed by atoms with E-state index in [1.807, 2.05) is 0 Å². The fourth-order valence-electron chi connectivity index (χ4n) is 2.15. The molecule has 3 rings (SSSR count). The van der Waals surface area contributed by atoms with Crippen LogP contribution in [0.15, 0.2) is 87.5 Å². The van der Waals surface area contributed by atoms with Crippen molar-refractivity contribution in [2.24, 2.45) is 10.2 Å². The number of carbonyl (C=O) groups is 2. The number of rotatable bonds is 5. The Labute approximate surface area is 168 Å². The maximum atomic E-state index is 11.9. The molecule has 7 nitrogen and oxygen atoms in total. The van der Waals surface area contributed by atoms with Crippen molar-refractivity contribution in [3.8, 4) is 5.75 Å². The molecule has 0 aliphatic heterocycles. The summed E-state index contributed by atoms with van der Waals surface area (Å²) in [6.07, 6.45) is 0. The molecule has 1 amide bonds. The SMILES string of the molecule is O=C(N=Nc1ccc(NOC(=O)c2ccc(Br)cc2)cc1)c1cccc(O)c1. The van der Waals surface area contributed by atoms with Crippen molar-refractivity contribution in [3.05, 3.63) is 88.4 Å². The number of phenols is 1. The van der Waals surface area contributed by atoms with Crippen LogP contribution in [-0.4, -0.2) is 17.0 Å². The van der Waals surface area contributed by atoms with Crippen LogP contribution in [0.4, 0.5) is 11.4 Å². The molecule has 0 bridgehead atoms. The number of nitrogens with one attached hydrogen (secondary N) is 1. The van der Waals surface area contributed by atoms with Gasteiger partial charge >= 0.3 is 5.97 Å². The van der Waals surface area contributed by atoms with Gasteiger partial charge in [-0.3, -0.25) is 4.79 Å². The predicted molar refractivity (Wildman–Crippen MR) is 107 cm³/mol. The van der Waals surface area contributed by atoms with E-state index in [4.69, 9.17) is 4.84 Å². The Kier molecular flexibility index (Phi) is 6.13. The number of nitrogens with zero attached hydrogens (tertiary/aromatic N) is 2. The molecule has 2 N–H and O–H groups in total. The number of anilines is 1. The molecule has 0 radical (unpaired) electrons. The highest BCUT2D eigenvalue weighted by Crippen LogP contribution is 2.19. The van der Waals surface area contributed by atoms with E-state index < -0.39 is 11.9 Å². The molecule has 0 heterocycles. The zero-order valence-corrected chi connectivity index (χ0v) is 16.0. The second-order valence-electron chi connectivity index (χ2n) is 5.60. The van der Waals surface area contributed by atoms with Crippen LogP contribution in [0.1, 0.15) is 20.7 Å². The summed E-state index contributed by atoms with van der Waals surface area (Å²) in [4.78, 5) is 28.9. The summed E-state index contributed by atoms with van der Waals surface area (Å²) in [6, 6.07) is 19.1. The Morgan fingerprint density at radius 2 is 1.64 bits per heavy atom. The van der Waals surface area contributed by atoms with E-state index in [1.165, 1.54) is 18.2 Å². The third-order valence-electron chi connectivity index (χ3n) is 3.56. The lowest BCUT2D eigenvalue weighted by Crippen LogP contribution is -2.10. The van der Waals surface area contributed by atoms with Gasteiger partial charge in [0.1, 0.15) is 5.75 Å². The molecule has 0 aliphatic carbocycles. The lowest BCUT2D eigenvalue weighted by atomic mass is 10.2. The Morgan fingerprint density at radius 3 is 2.32 bits per heavy atom. The normalized spacial score (nSPS) is 10.6. The van der Waals surface area contributed by atoms with Crippen molar-refractivity contribution in [1.29, 1.82) is 0 Å². The van der Waals surface area contributed by atoms with Crippen molar-refractivity contribution in [2.75, 3.05) is 5.48 Å². The Balaban J connectivity index is 1.56. The Bertz CT molecular complexity index is 1020. The van der Waals surface area contributed by atoms with Gasteiger partial charge in [-0.2, -0.15) is 0 Å². The van der Waals surface area contributed by atoms with Crippen molar-refractivity contribution in [1.82, 2.24) is 0 Å². The Morgan fingerprint density at radius 1 is 0.929 bits per heavy atom. The summed E-state index contributed by atoms with van der Waals surface area (Å²) >= 11 is 3.30. The third kappa shape index (κ3) is 5.24. The fraction of sp³-hybridized carbons (Fsp3) is 0. The van der Waals surface area contributed by atoms with Gasteiger partial charge in [0.25, 0.3) is 5.91 Å². The topological polar surface area (TPSA) is 100 Å². The van der Waals surface area contributed by atoms with E-state index in [1.54, 1.807) is 54.6 Å². The quantitative estimate of drug-likeness (QED) is 0.416. The van der Waals surface area contributed by atoms with E-state index in [9.17, 15) is 14.7 Å². The minimum atomic E-state index is -0.568. The van der Waals surface area contributed by atoms with Gasteiger partial charge in [0.05, 0.1) is 16.9 Å². The molecular formula is C20H14BrN3O4. The van der Waals surface area contributed by atoms with E-state index in [-0.39, 0.29) is 11.3 Å². The van der Waals surface area contributed by atoms with Gasteiger partial charge < -0.3 is 9.94 Å². The minimum Gasteiger partial charge on any atom is -0.508 e. The number of carbonyl (C=O) groups excluding carboxylic acids is 2. The van der Waals surface area contributed by atoms with Crippen LogP contribution in [0.25, 0.3) is 0 Å². The van der Waals surface area contributed by atoms with Crippen molar-refractivity contribution in [2.45, 2.75) is 0 Å². The average molecular weight is 440 g/mol. The number of aromatic hydroxyl groups is 1. The Hall–Kier alpha value is -3.52. The monoisotopic (exact) mass is 439 g/mol. The zero-order chi connectivity index (χ0) is 19.9. The van der Waals surface area contributed by atoms with Crippen LogP contribution in [0.3, 0.4) is 0 Å². The number of halogens is 1. The molecule has 3 aromatic carbocycles. The number of phenolic OH excluding ortho intramolecular Hbond substituents is 1. The first kappa shape index (κ1) is 19.2. The van der Waals surface area contributed by atoms with Crippen LogP contribution < -0.4 is 5.48 Å². The van der Waals surface area contributed by atoms with E-state index >= 15 is 0 Å². The van der Waals surface area contributed by atoms with Crippen LogP contribution in [-0.2, 0) is 4.84 Å². The fourth-order valence-corrected chi connectivity index (χ4v) is 2.41. The predicted octanol–water partition coefficient (Wildman–Crippen LogP) is 5.26. The van der Waals surface area contributed by atoms with E-state index in [0.717, 1.165) is 4.47 Å². The summed E-state index contributed by atoms with van der Waals surface area (Å²) in [6.45, 7) is 0. The first-order chi connectivity index (χ1) is 13.5. The van der Waals surface area contributed by atoms with Crippen LogP contribution in [0.2, 0.25) is 0 Å². The molecule has 28 heavy (non-hydrogen) atoms. The molecular weight excluding hydrogens is 426 g/mol. The molecule has 0 aliphatic rings. The number of amides is 1. The molecule has 0 atom stereocenters. The summed E-state index contributed by atoms with van der Waals surface area (Å²) in [5, 5.41) is 16.9. The largest absolute Gasteiger partial charge is 0.508 e. The highest BCUT2D eigenvalue weighted by atomic mass is 79.9. The molecule has 8 heteroatoms. The molecule has 140 valence electrons. The zero-order valence-electron chi connectivity index (χ0n) is 14.4. The van der Waals surface area contributed by atoms with Crippen LogP contribution in [0.5, 0.6) is 5.75 Å². The van der Waals surface area contributed by atoms with Crippen LogP contribution in [0, 0.1) is 0 Å². The second-order valence-corrected chi connectivity index (χ2v) is 6.52. The van der Waals surface area contributed by atoms with Crippen molar-refractivity contribution in [3.63, 3.8) is 0 Å². The second kappa shape index (κ2) is 8.92. The molecule has 0 spiro atoms. The molecule has 3 aromatic rings. The van der Waals surface area contributed by atoms with Crippen molar-refractivity contribution < 1.29 is 19.5 Å². The molecule has 0 unspecified atom stereocenters. The highest BCUT2D eigenvalue weighted by Gasteiger charge is 2.07. The smallest absolute Gasteiger partial charge is 0.362 e. The average Bonchev–Trinajstić information content (AvgIpc) is 2.71. The molecule has 0 fully saturated rings. The van der Waals surface area contributed by atoms with Gasteiger partial charge in [-0.05, 0) is 66.7 Å². The number of azo groups is 1. The van der Waals surface area contributed by atoms with Crippen molar-refractivity contribution >= 4 is 39.2 Å². The lowest BCUT2D eigenvalue weighted by Gasteiger charge is -2.07. The standard InChI is InChI=1S/C20H14BrN3O4/c21-15-6-4-13(5-7-15)20(27)28-24-17-10-8-16(9-11-17)22-23-19(26)14-2-1-3-18(25)12-14/h1-12,24-25H. The van der Waals surface area contributed by atoms with Gasteiger partial charge in [0.2, 0.25) is 0 Å². The summed E-state index contributed by atoms with van der Waals surface area (Å²) in [5.41, 5.74) is 4.17. The lowest BCUT2D eigenvalue weighted by molar-refractivity contribution is 0.0596. The summed E-state index contributed by atoms with van der Waals surface area (Å²) < 4.78 is 0.865. The molecule has 0 saturated heterocycles. The number of hydrogen-bond donors (Lipinski definition) is 2. The van der Waals surface area contributed by atoms with E-state index in [2.05, 4.69) is 31.6 Å². The molecule has 0 saturated carbocycles. The maximum absolute atomic E-state index is 11.9.